The number of aryl methyl sites for hydroxylation is 1. The van der Waals surface area contributed by atoms with E-state index in [-0.39, 0.29) is 5.91 Å². The summed E-state index contributed by atoms with van der Waals surface area (Å²) in [5.74, 6) is -0.189. The number of thiazole rings is 1. The van der Waals surface area contributed by atoms with Crippen LogP contribution in [0, 0.1) is 6.92 Å². The maximum atomic E-state index is 12.6. The van der Waals surface area contributed by atoms with Crippen LogP contribution in [0.3, 0.4) is 0 Å². The standard InChI is InChI=1S/C14H14N6OS/c1-10-8-15-14(22-10)17-13(21)12(20-9-16-18-19-20)7-11-5-3-2-4-6-11/h2-6,8-9,12H,7H2,1H3,(H,15,17,21). The van der Waals surface area contributed by atoms with E-state index < -0.39 is 6.04 Å². The zero-order valence-corrected chi connectivity index (χ0v) is 12.7. The Morgan fingerprint density at radius 3 is 2.82 bits per heavy atom. The highest BCUT2D eigenvalue weighted by molar-refractivity contribution is 7.15. The van der Waals surface area contributed by atoms with Crippen molar-refractivity contribution in [3.8, 4) is 0 Å². The molecule has 3 rings (SSSR count). The van der Waals surface area contributed by atoms with Crippen LogP contribution in [-0.2, 0) is 11.2 Å². The molecule has 2 heterocycles. The van der Waals surface area contributed by atoms with Crippen molar-refractivity contribution in [2.45, 2.75) is 19.4 Å². The average Bonchev–Trinajstić information content (AvgIpc) is 3.18. The Morgan fingerprint density at radius 2 is 2.18 bits per heavy atom. The summed E-state index contributed by atoms with van der Waals surface area (Å²) in [5, 5.41) is 14.5. The fraction of sp³-hybridized carbons (Fsp3) is 0.214. The molecule has 2 aromatic heterocycles. The molecule has 1 aromatic carbocycles. The number of nitrogens with zero attached hydrogens (tertiary/aromatic N) is 5. The Kier molecular flexibility index (Phi) is 4.19. The van der Waals surface area contributed by atoms with Crippen LogP contribution in [0.15, 0.2) is 42.9 Å². The van der Waals surface area contributed by atoms with Gasteiger partial charge < -0.3 is 5.32 Å². The highest BCUT2D eigenvalue weighted by Gasteiger charge is 2.23. The summed E-state index contributed by atoms with van der Waals surface area (Å²) < 4.78 is 1.46. The van der Waals surface area contributed by atoms with Crippen molar-refractivity contribution < 1.29 is 4.79 Å². The van der Waals surface area contributed by atoms with Crippen LogP contribution in [0.4, 0.5) is 5.13 Å². The first-order valence-corrected chi connectivity index (χ1v) is 7.54. The molecule has 1 N–H and O–H groups in total. The van der Waals surface area contributed by atoms with E-state index in [0.29, 0.717) is 11.6 Å². The van der Waals surface area contributed by atoms with Gasteiger partial charge >= 0.3 is 0 Å². The molecule has 1 amide bonds. The zero-order valence-electron chi connectivity index (χ0n) is 11.9. The lowest BCUT2D eigenvalue weighted by Gasteiger charge is -2.15. The van der Waals surface area contributed by atoms with E-state index in [1.807, 2.05) is 37.3 Å². The van der Waals surface area contributed by atoms with E-state index in [2.05, 4.69) is 25.8 Å². The number of hydrogen-bond acceptors (Lipinski definition) is 6. The first kappa shape index (κ1) is 14.3. The number of nitrogens with one attached hydrogen (secondary N) is 1. The van der Waals surface area contributed by atoms with Crippen molar-refractivity contribution in [1.82, 2.24) is 25.2 Å². The largest absolute Gasteiger partial charge is 0.300 e. The number of tetrazole rings is 1. The van der Waals surface area contributed by atoms with Gasteiger partial charge in [-0.1, -0.05) is 30.3 Å². The van der Waals surface area contributed by atoms with Crippen LogP contribution in [0.1, 0.15) is 16.5 Å². The van der Waals surface area contributed by atoms with Gasteiger partial charge in [0.25, 0.3) is 5.91 Å². The van der Waals surface area contributed by atoms with Crippen LogP contribution in [-0.4, -0.2) is 31.1 Å². The lowest BCUT2D eigenvalue weighted by molar-refractivity contribution is -0.119. The van der Waals surface area contributed by atoms with Crippen molar-refractivity contribution in [3.05, 3.63) is 53.3 Å². The summed E-state index contributed by atoms with van der Waals surface area (Å²) in [6.45, 7) is 1.94. The van der Waals surface area contributed by atoms with Crippen LogP contribution >= 0.6 is 11.3 Å². The Bertz CT molecular complexity index is 740. The Hall–Kier alpha value is -2.61. The average molecular weight is 314 g/mol. The minimum atomic E-state index is -0.526. The third-order valence-electron chi connectivity index (χ3n) is 3.11. The van der Waals surface area contributed by atoms with Crippen molar-refractivity contribution in [3.63, 3.8) is 0 Å². The van der Waals surface area contributed by atoms with E-state index in [9.17, 15) is 4.79 Å². The normalized spacial score (nSPS) is 12.0. The number of aromatic nitrogens is 5. The predicted molar refractivity (Wildman–Crippen MR) is 82.5 cm³/mol. The van der Waals surface area contributed by atoms with Crippen molar-refractivity contribution >= 4 is 22.4 Å². The Morgan fingerprint density at radius 1 is 1.36 bits per heavy atom. The molecule has 22 heavy (non-hydrogen) atoms. The maximum absolute atomic E-state index is 12.6. The highest BCUT2D eigenvalue weighted by atomic mass is 32.1. The van der Waals surface area contributed by atoms with Crippen LogP contribution in [0.2, 0.25) is 0 Å². The van der Waals surface area contributed by atoms with Gasteiger partial charge in [0.2, 0.25) is 0 Å². The molecule has 7 nitrogen and oxygen atoms in total. The monoisotopic (exact) mass is 314 g/mol. The number of amides is 1. The number of carbonyl (C=O) groups excluding carboxylic acids is 1. The molecule has 0 aliphatic rings. The van der Waals surface area contributed by atoms with E-state index in [0.717, 1.165) is 10.4 Å². The third-order valence-corrected chi connectivity index (χ3v) is 3.94. The summed E-state index contributed by atoms with van der Waals surface area (Å²) in [6.07, 6.45) is 3.67. The molecular formula is C14H14N6OS. The molecular weight excluding hydrogens is 300 g/mol. The molecule has 1 atom stereocenters. The molecule has 0 spiro atoms. The maximum Gasteiger partial charge on any atom is 0.251 e. The third kappa shape index (κ3) is 3.34. The number of rotatable bonds is 5. The number of anilines is 1. The number of hydrogen-bond donors (Lipinski definition) is 1. The van der Waals surface area contributed by atoms with Gasteiger partial charge in [0.1, 0.15) is 12.4 Å². The van der Waals surface area contributed by atoms with Gasteiger partial charge in [0, 0.05) is 17.5 Å². The molecule has 0 aliphatic carbocycles. The van der Waals surface area contributed by atoms with Gasteiger partial charge in [-0.25, -0.2) is 9.67 Å². The van der Waals surface area contributed by atoms with E-state index in [4.69, 9.17) is 0 Å². The highest BCUT2D eigenvalue weighted by Crippen LogP contribution is 2.20. The zero-order chi connectivity index (χ0) is 15.4. The molecule has 1 unspecified atom stereocenters. The number of benzene rings is 1. The van der Waals surface area contributed by atoms with Crippen LogP contribution < -0.4 is 5.32 Å². The molecule has 3 aromatic rings. The molecule has 8 heteroatoms. The number of carbonyl (C=O) groups is 1. The SMILES string of the molecule is Cc1cnc(NC(=O)C(Cc2ccccc2)n2cnnn2)s1. The van der Waals surface area contributed by atoms with Gasteiger partial charge in [0.05, 0.1) is 0 Å². The fourth-order valence-electron chi connectivity index (χ4n) is 2.06. The first-order chi connectivity index (χ1) is 10.7. The topological polar surface area (TPSA) is 85.6 Å². The van der Waals surface area contributed by atoms with Gasteiger partial charge in [-0.05, 0) is 22.9 Å². The fourth-order valence-corrected chi connectivity index (χ4v) is 2.72. The molecule has 0 saturated carbocycles. The van der Waals surface area contributed by atoms with Gasteiger partial charge in [0.15, 0.2) is 5.13 Å². The summed E-state index contributed by atoms with van der Waals surface area (Å²) >= 11 is 1.43. The Balaban J connectivity index is 1.80. The first-order valence-electron chi connectivity index (χ1n) is 6.72. The summed E-state index contributed by atoms with van der Waals surface area (Å²) in [7, 11) is 0. The molecule has 0 aliphatic heterocycles. The van der Waals surface area contributed by atoms with Gasteiger partial charge in [-0.3, -0.25) is 4.79 Å². The van der Waals surface area contributed by atoms with Gasteiger partial charge in [-0.15, -0.1) is 16.4 Å². The lowest BCUT2D eigenvalue weighted by atomic mass is 10.1. The second kappa shape index (κ2) is 6.44. The molecule has 0 fully saturated rings. The van der Waals surface area contributed by atoms with E-state index in [1.165, 1.54) is 22.3 Å². The molecule has 0 saturated heterocycles. The quantitative estimate of drug-likeness (QED) is 0.777. The van der Waals surface area contributed by atoms with Crippen LogP contribution in [0.5, 0.6) is 0 Å². The smallest absolute Gasteiger partial charge is 0.251 e. The lowest BCUT2D eigenvalue weighted by Crippen LogP contribution is -2.28. The summed E-state index contributed by atoms with van der Waals surface area (Å²) in [5.41, 5.74) is 1.04. The summed E-state index contributed by atoms with van der Waals surface area (Å²) in [4.78, 5) is 17.8. The second-order valence-corrected chi connectivity index (χ2v) is 6.00. The minimum absolute atomic E-state index is 0.189. The van der Waals surface area contributed by atoms with Crippen molar-refractivity contribution in [2.75, 3.05) is 5.32 Å². The molecule has 0 bridgehead atoms. The van der Waals surface area contributed by atoms with Crippen molar-refractivity contribution in [1.29, 1.82) is 0 Å². The second-order valence-electron chi connectivity index (χ2n) is 4.76. The predicted octanol–water partition coefficient (Wildman–Crippen LogP) is 1.86. The minimum Gasteiger partial charge on any atom is -0.300 e. The van der Waals surface area contributed by atoms with E-state index >= 15 is 0 Å². The van der Waals surface area contributed by atoms with Gasteiger partial charge in [-0.2, -0.15) is 0 Å². The van der Waals surface area contributed by atoms with Crippen LogP contribution in [0.25, 0.3) is 0 Å². The molecule has 0 radical (unpaired) electrons. The summed E-state index contributed by atoms with van der Waals surface area (Å²) in [6, 6.07) is 9.23. The Labute approximate surface area is 131 Å². The van der Waals surface area contributed by atoms with Crippen molar-refractivity contribution in [2.24, 2.45) is 0 Å². The molecule has 112 valence electrons. The van der Waals surface area contributed by atoms with E-state index in [1.54, 1.807) is 6.20 Å².